The van der Waals surface area contributed by atoms with Crippen LogP contribution in [-0.2, 0) is 11.2 Å². The molecule has 0 saturated heterocycles. The number of rotatable bonds is 3. The third-order valence-corrected chi connectivity index (χ3v) is 3.82. The second-order valence-corrected chi connectivity index (χ2v) is 5.87. The van der Waals surface area contributed by atoms with Crippen molar-refractivity contribution in [1.29, 1.82) is 0 Å². The van der Waals surface area contributed by atoms with Crippen LogP contribution in [0.4, 0.5) is 0 Å². The Balaban J connectivity index is 2.85. The summed E-state index contributed by atoms with van der Waals surface area (Å²) in [5.41, 5.74) is 0.993. The van der Waals surface area contributed by atoms with Crippen molar-refractivity contribution in [3.05, 3.63) is 32.7 Å². The average molecular weight is 382 g/mol. The maximum absolute atomic E-state index is 10.7. The van der Waals surface area contributed by atoms with Crippen LogP contribution >= 0.6 is 31.9 Å². The van der Waals surface area contributed by atoms with Crippen LogP contribution in [0.5, 0.6) is 0 Å². The van der Waals surface area contributed by atoms with E-state index in [-0.39, 0.29) is 0 Å². The van der Waals surface area contributed by atoms with E-state index in [2.05, 4.69) is 48.7 Å². The summed E-state index contributed by atoms with van der Waals surface area (Å²) in [6, 6.07) is 5.74. The van der Waals surface area contributed by atoms with Crippen LogP contribution in [0.1, 0.15) is 5.56 Å². The molecule has 2 radical (unpaired) electrons. The van der Waals surface area contributed by atoms with Crippen molar-refractivity contribution in [2.75, 3.05) is 0 Å². The molecule has 0 aromatic heterocycles. The predicted molar refractivity (Wildman–Crippen MR) is 62.7 cm³/mol. The Bertz CT molecular complexity index is 355. The standard InChI is InChI=1S/C9H7AsBr2O2/c10-7(9(13)14)4-5-3-6(11)1-2-8(5)12/h1-3,7H,4H2,(H,13,14). The van der Waals surface area contributed by atoms with Gasteiger partial charge >= 0.3 is 108 Å². The predicted octanol–water partition coefficient (Wildman–Crippen LogP) is 2.80. The maximum atomic E-state index is 10.7. The molecule has 1 aromatic rings. The topological polar surface area (TPSA) is 37.3 Å². The van der Waals surface area contributed by atoms with Gasteiger partial charge in [0.05, 0.1) is 0 Å². The third kappa shape index (κ3) is 3.41. The van der Waals surface area contributed by atoms with Crippen LogP contribution in [0.2, 0.25) is 4.71 Å². The monoisotopic (exact) mass is 380 g/mol. The first-order valence-electron chi connectivity index (χ1n) is 3.85. The molecule has 0 bridgehead atoms. The van der Waals surface area contributed by atoms with E-state index < -0.39 is 10.7 Å². The molecule has 0 heterocycles. The van der Waals surface area contributed by atoms with E-state index >= 15 is 0 Å². The zero-order chi connectivity index (χ0) is 10.7. The SMILES string of the molecule is O=C(O)C([As])Cc1cc(Br)ccc1Br. The van der Waals surface area contributed by atoms with Crippen molar-refractivity contribution in [2.24, 2.45) is 0 Å². The Morgan fingerprint density at radius 3 is 2.71 bits per heavy atom. The molecule has 0 saturated carbocycles. The van der Waals surface area contributed by atoms with E-state index in [1.54, 1.807) is 0 Å². The second kappa shape index (κ2) is 5.34. The summed E-state index contributed by atoms with van der Waals surface area (Å²) in [7, 11) is 0. The summed E-state index contributed by atoms with van der Waals surface area (Å²) in [6.45, 7) is 0. The molecule has 0 amide bonds. The summed E-state index contributed by atoms with van der Waals surface area (Å²) in [6.07, 6.45) is 0.509. The zero-order valence-electron chi connectivity index (χ0n) is 7.08. The van der Waals surface area contributed by atoms with Crippen LogP contribution in [0.25, 0.3) is 0 Å². The van der Waals surface area contributed by atoms with Gasteiger partial charge in [-0.2, -0.15) is 0 Å². The summed E-state index contributed by atoms with van der Waals surface area (Å²) in [4.78, 5) is 10.7. The molecule has 1 unspecified atom stereocenters. The number of benzene rings is 1. The summed E-state index contributed by atoms with van der Waals surface area (Å²) < 4.78 is 1.48. The van der Waals surface area contributed by atoms with Gasteiger partial charge < -0.3 is 0 Å². The normalized spacial score (nSPS) is 12.5. The molecule has 1 rings (SSSR count). The Hall–Kier alpha value is 0.208. The fourth-order valence-electron chi connectivity index (χ4n) is 0.995. The van der Waals surface area contributed by atoms with E-state index in [1.807, 2.05) is 18.2 Å². The average Bonchev–Trinajstić information content (AvgIpc) is 2.11. The van der Waals surface area contributed by atoms with E-state index in [1.165, 1.54) is 0 Å². The number of halogens is 2. The van der Waals surface area contributed by atoms with Gasteiger partial charge in [-0.25, -0.2) is 0 Å². The number of aliphatic carboxylic acids is 1. The van der Waals surface area contributed by atoms with Crippen molar-refractivity contribution < 1.29 is 9.90 Å². The quantitative estimate of drug-likeness (QED) is 0.817. The van der Waals surface area contributed by atoms with Gasteiger partial charge in [-0.1, -0.05) is 0 Å². The Kier molecular flexibility index (Phi) is 4.68. The van der Waals surface area contributed by atoms with Gasteiger partial charge in [-0.15, -0.1) is 0 Å². The van der Waals surface area contributed by atoms with Crippen molar-refractivity contribution in [2.45, 2.75) is 11.1 Å². The molecular formula is C9H7AsBr2O2. The zero-order valence-corrected chi connectivity index (χ0v) is 12.1. The van der Waals surface area contributed by atoms with E-state index in [0.29, 0.717) is 6.42 Å². The van der Waals surface area contributed by atoms with Gasteiger partial charge in [0.25, 0.3) is 0 Å². The molecule has 74 valence electrons. The number of carbonyl (C=O) groups is 1. The van der Waals surface area contributed by atoms with Crippen LogP contribution in [0, 0.1) is 0 Å². The fourth-order valence-corrected chi connectivity index (χ4v) is 2.23. The molecule has 5 heteroatoms. The van der Waals surface area contributed by atoms with Crippen LogP contribution in [-0.4, -0.2) is 27.9 Å². The third-order valence-electron chi connectivity index (χ3n) is 1.71. The van der Waals surface area contributed by atoms with Crippen molar-refractivity contribution in [3.63, 3.8) is 0 Å². The molecule has 0 aliphatic carbocycles. The van der Waals surface area contributed by atoms with Gasteiger partial charge in [0.15, 0.2) is 0 Å². The van der Waals surface area contributed by atoms with Crippen LogP contribution in [0.3, 0.4) is 0 Å². The Labute approximate surface area is 108 Å². The molecule has 0 spiro atoms. The van der Waals surface area contributed by atoms with E-state index in [0.717, 1.165) is 14.5 Å². The summed E-state index contributed by atoms with van der Waals surface area (Å²) in [5, 5.41) is 8.76. The Morgan fingerprint density at radius 1 is 1.50 bits per heavy atom. The van der Waals surface area contributed by atoms with Crippen molar-refractivity contribution >= 4 is 54.7 Å². The van der Waals surface area contributed by atoms with Crippen molar-refractivity contribution in [3.8, 4) is 0 Å². The van der Waals surface area contributed by atoms with Gasteiger partial charge in [0, 0.05) is 0 Å². The van der Waals surface area contributed by atoms with E-state index in [4.69, 9.17) is 5.11 Å². The number of carboxylic acids is 1. The minimum absolute atomic E-state index is 0.423. The van der Waals surface area contributed by atoms with Gasteiger partial charge in [-0.3, -0.25) is 0 Å². The number of carboxylic acid groups (broad SMARTS) is 1. The minimum atomic E-state index is -0.795. The Morgan fingerprint density at radius 2 is 2.14 bits per heavy atom. The molecule has 0 aliphatic heterocycles. The molecule has 1 atom stereocenters. The van der Waals surface area contributed by atoms with Crippen molar-refractivity contribution in [1.82, 2.24) is 0 Å². The molecule has 1 N–H and O–H groups in total. The number of hydrogen-bond donors (Lipinski definition) is 1. The first kappa shape index (κ1) is 12.3. The second-order valence-electron chi connectivity index (χ2n) is 2.79. The molecule has 14 heavy (non-hydrogen) atoms. The van der Waals surface area contributed by atoms with Gasteiger partial charge in [0.1, 0.15) is 0 Å². The van der Waals surface area contributed by atoms with E-state index in [9.17, 15) is 4.79 Å². The van der Waals surface area contributed by atoms with Crippen LogP contribution in [0.15, 0.2) is 27.1 Å². The first-order chi connectivity index (χ1) is 6.50. The fraction of sp³-hybridized carbons (Fsp3) is 0.222. The molecule has 1 aromatic carbocycles. The molecule has 2 nitrogen and oxygen atoms in total. The molecular weight excluding hydrogens is 375 g/mol. The summed E-state index contributed by atoms with van der Waals surface area (Å²) in [5.74, 6) is -0.795. The van der Waals surface area contributed by atoms with Crippen LogP contribution < -0.4 is 0 Å². The first-order valence-corrected chi connectivity index (χ1v) is 6.52. The van der Waals surface area contributed by atoms with Gasteiger partial charge in [-0.05, 0) is 0 Å². The summed E-state index contributed by atoms with van der Waals surface area (Å²) >= 11 is 8.91. The van der Waals surface area contributed by atoms with Gasteiger partial charge in [0.2, 0.25) is 0 Å². The molecule has 0 fully saturated rings. The number of hydrogen-bond acceptors (Lipinski definition) is 1. The molecule has 0 aliphatic rings.